The second-order valence-electron chi connectivity index (χ2n) is 3.94. The van der Waals surface area contributed by atoms with E-state index in [0.717, 1.165) is 28.2 Å². The molecule has 0 spiro atoms. The average molecular weight is 274 g/mol. The van der Waals surface area contributed by atoms with Crippen LogP contribution in [0.15, 0.2) is 42.5 Å². The normalized spacial score (nSPS) is 10.3. The van der Waals surface area contributed by atoms with Crippen molar-refractivity contribution in [1.82, 2.24) is 0 Å². The third kappa shape index (κ3) is 3.72. The van der Waals surface area contributed by atoms with Crippen LogP contribution in [0.4, 0.5) is 5.69 Å². The Hall–Kier alpha value is -2.01. The van der Waals surface area contributed by atoms with Gasteiger partial charge in [0.15, 0.2) is 0 Å². The number of nitrogens with one attached hydrogen (secondary N) is 1. The van der Waals surface area contributed by atoms with Gasteiger partial charge in [-0.1, -0.05) is 36.4 Å². The Morgan fingerprint density at radius 1 is 1.05 bits per heavy atom. The second kappa shape index (κ2) is 6.24. The molecular weight excluding hydrogens is 262 g/mol. The zero-order valence-electron chi connectivity index (χ0n) is 10.1. The molecule has 0 fully saturated rings. The first-order valence-corrected chi connectivity index (χ1v) is 6.87. The lowest BCUT2D eigenvalue weighted by molar-refractivity contribution is -0.301. The molecule has 0 unspecified atom stereocenters. The molecule has 4 nitrogen and oxygen atoms in total. The van der Waals surface area contributed by atoms with Crippen molar-refractivity contribution in [2.75, 3.05) is 16.8 Å². The molecule has 0 saturated carbocycles. The molecule has 5 heteroatoms. The van der Waals surface area contributed by atoms with Gasteiger partial charge in [-0.25, -0.2) is 0 Å². The van der Waals surface area contributed by atoms with Gasteiger partial charge in [-0.15, -0.1) is 11.8 Å². The zero-order valence-corrected chi connectivity index (χ0v) is 10.9. The van der Waals surface area contributed by atoms with E-state index >= 15 is 0 Å². The number of anilines is 1. The third-order valence-corrected chi connectivity index (χ3v) is 3.42. The Balaban J connectivity index is 2.05. The van der Waals surface area contributed by atoms with Gasteiger partial charge < -0.3 is 15.2 Å². The quantitative estimate of drug-likeness (QED) is 0.891. The van der Waals surface area contributed by atoms with E-state index < -0.39 is 5.97 Å². The molecule has 2 rings (SSSR count). The lowest BCUT2D eigenvalue weighted by atomic mass is 10.1. The molecule has 0 aliphatic rings. The molecule has 2 aromatic rings. The number of hydrogen-bond donors (Lipinski definition) is 1. The number of benzene rings is 2. The summed E-state index contributed by atoms with van der Waals surface area (Å²) in [7, 11) is 0. The highest BCUT2D eigenvalue weighted by Crippen LogP contribution is 2.22. The molecule has 19 heavy (non-hydrogen) atoms. The van der Waals surface area contributed by atoms with E-state index in [9.17, 15) is 14.7 Å². The van der Waals surface area contributed by atoms with Gasteiger partial charge in [-0.2, -0.15) is 0 Å². The maximum atomic E-state index is 11.7. The molecular formula is C14H12NO3S-. The first-order chi connectivity index (χ1) is 9.16. The number of hydrogen-bond acceptors (Lipinski definition) is 4. The number of amides is 1. The maximum Gasteiger partial charge on any atom is 0.234 e. The Morgan fingerprint density at radius 2 is 1.79 bits per heavy atom. The number of carbonyl (C=O) groups is 2. The highest BCUT2D eigenvalue weighted by Gasteiger charge is 2.05. The van der Waals surface area contributed by atoms with Crippen molar-refractivity contribution in [3.8, 4) is 0 Å². The lowest BCUT2D eigenvalue weighted by Crippen LogP contribution is -2.25. The van der Waals surface area contributed by atoms with Crippen LogP contribution >= 0.6 is 11.8 Å². The summed E-state index contributed by atoms with van der Waals surface area (Å²) in [6.45, 7) is 0. The average Bonchev–Trinajstić information content (AvgIpc) is 2.39. The fourth-order valence-corrected chi connectivity index (χ4v) is 2.27. The van der Waals surface area contributed by atoms with Crippen LogP contribution in [-0.4, -0.2) is 23.4 Å². The fraction of sp³-hybridized carbons (Fsp3) is 0.143. The van der Waals surface area contributed by atoms with Crippen LogP contribution in [0.25, 0.3) is 10.8 Å². The minimum absolute atomic E-state index is 0.0944. The summed E-state index contributed by atoms with van der Waals surface area (Å²) in [5.41, 5.74) is 0.733. The van der Waals surface area contributed by atoms with Crippen LogP contribution in [0.2, 0.25) is 0 Å². The molecule has 0 aliphatic heterocycles. The van der Waals surface area contributed by atoms with Crippen LogP contribution in [0.3, 0.4) is 0 Å². The van der Waals surface area contributed by atoms with E-state index in [1.54, 1.807) is 0 Å². The van der Waals surface area contributed by atoms with Crippen LogP contribution in [0, 0.1) is 0 Å². The van der Waals surface area contributed by atoms with Crippen LogP contribution < -0.4 is 10.4 Å². The van der Waals surface area contributed by atoms with Gasteiger partial charge in [0.1, 0.15) is 0 Å². The molecule has 1 amide bonds. The number of carboxylic acid groups (broad SMARTS) is 1. The van der Waals surface area contributed by atoms with Gasteiger partial charge in [0.2, 0.25) is 5.91 Å². The van der Waals surface area contributed by atoms with E-state index in [1.807, 2.05) is 42.5 Å². The largest absolute Gasteiger partial charge is 0.549 e. The molecule has 0 aromatic heterocycles. The Morgan fingerprint density at radius 3 is 2.58 bits per heavy atom. The molecule has 0 saturated heterocycles. The van der Waals surface area contributed by atoms with Gasteiger partial charge in [-0.05, 0) is 11.5 Å². The lowest BCUT2D eigenvalue weighted by Gasteiger charge is -2.08. The van der Waals surface area contributed by atoms with E-state index in [2.05, 4.69) is 5.32 Å². The molecule has 2 aromatic carbocycles. The Kier molecular flexibility index (Phi) is 4.41. The zero-order chi connectivity index (χ0) is 13.7. The van der Waals surface area contributed by atoms with Crippen molar-refractivity contribution in [3.63, 3.8) is 0 Å². The minimum Gasteiger partial charge on any atom is -0.549 e. The van der Waals surface area contributed by atoms with E-state index in [1.165, 1.54) is 0 Å². The smallest absolute Gasteiger partial charge is 0.234 e. The molecule has 0 aliphatic carbocycles. The fourth-order valence-electron chi connectivity index (χ4n) is 1.75. The standard InChI is InChI=1S/C14H13NO3S/c16-13(8-19-9-14(17)18)15-12-7-3-5-10-4-1-2-6-11(10)12/h1-7H,8-9H2,(H,15,16)(H,17,18)/p-1. The first-order valence-electron chi connectivity index (χ1n) is 5.72. The highest BCUT2D eigenvalue weighted by atomic mass is 32.2. The van der Waals surface area contributed by atoms with Gasteiger partial charge >= 0.3 is 0 Å². The van der Waals surface area contributed by atoms with Gasteiger partial charge in [0, 0.05) is 16.8 Å². The SMILES string of the molecule is O=C([O-])CSCC(=O)Nc1cccc2ccccc12. The van der Waals surface area contributed by atoms with Crippen LogP contribution in [0.5, 0.6) is 0 Å². The van der Waals surface area contributed by atoms with E-state index in [4.69, 9.17) is 0 Å². The van der Waals surface area contributed by atoms with Crippen LogP contribution in [0.1, 0.15) is 0 Å². The van der Waals surface area contributed by atoms with Gasteiger partial charge in [0.25, 0.3) is 0 Å². The van der Waals surface area contributed by atoms with Crippen LogP contribution in [-0.2, 0) is 9.59 Å². The molecule has 98 valence electrons. The van der Waals surface area contributed by atoms with Gasteiger partial charge in [0.05, 0.1) is 11.7 Å². The predicted molar refractivity (Wildman–Crippen MR) is 74.9 cm³/mol. The van der Waals surface area contributed by atoms with Crippen molar-refractivity contribution in [1.29, 1.82) is 0 Å². The molecule has 0 radical (unpaired) electrons. The monoisotopic (exact) mass is 274 g/mol. The topological polar surface area (TPSA) is 69.2 Å². The molecule has 0 bridgehead atoms. The summed E-state index contributed by atoms with van der Waals surface area (Å²) in [4.78, 5) is 21.9. The number of carboxylic acids is 1. The summed E-state index contributed by atoms with van der Waals surface area (Å²) in [5.74, 6) is -1.47. The number of rotatable bonds is 5. The van der Waals surface area contributed by atoms with Crippen molar-refractivity contribution in [2.24, 2.45) is 0 Å². The molecule has 0 heterocycles. The summed E-state index contributed by atoms with van der Waals surface area (Å²) in [5, 5.41) is 15.0. The minimum atomic E-state index is -1.16. The number of carbonyl (C=O) groups excluding carboxylic acids is 2. The molecule has 1 N–H and O–H groups in total. The Labute approximate surface area is 114 Å². The molecule has 0 atom stereocenters. The number of fused-ring (bicyclic) bond motifs is 1. The predicted octanol–water partition coefficient (Wildman–Crippen LogP) is 1.26. The van der Waals surface area contributed by atoms with E-state index in [-0.39, 0.29) is 17.4 Å². The van der Waals surface area contributed by atoms with Crippen molar-refractivity contribution in [3.05, 3.63) is 42.5 Å². The maximum absolute atomic E-state index is 11.7. The van der Waals surface area contributed by atoms with Crippen molar-refractivity contribution >= 4 is 40.1 Å². The third-order valence-electron chi connectivity index (χ3n) is 2.52. The van der Waals surface area contributed by atoms with Crippen molar-refractivity contribution in [2.45, 2.75) is 0 Å². The number of thioether (sulfide) groups is 1. The summed E-state index contributed by atoms with van der Waals surface area (Å²) in [6, 6.07) is 13.4. The van der Waals surface area contributed by atoms with Gasteiger partial charge in [-0.3, -0.25) is 4.79 Å². The number of aliphatic carboxylic acids is 1. The second-order valence-corrected chi connectivity index (χ2v) is 4.93. The summed E-state index contributed by atoms with van der Waals surface area (Å²) < 4.78 is 0. The summed E-state index contributed by atoms with van der Waals surface area (Å²) >= 11 is 1.02. The summed E-state index contributed by atoms with van der Waals surface area (Å²) in [6.07, 6.45) is 0. The van der Waals surface area contributed by atoms with E-state index in [0.29, 0.717) is 0 Å². The van der Waals surface area contributed by atoms with Crippen molar-refractivity contribution < 1.29 is 14.7 Å². The Bertz CT molecular complexity index is 607. The highest BCUT2D eigenvalue weighted by molar-refractivity contribution is 8.00. The first kappa shape index (κ1) is 13.4.